The molecule has 0 aromatic heterocycles. The van der Waals surface area contributed by atoms with Gasteiger partial charge in [0, 0.05) is 19.3 Å². The van der Waals surface area contributed by atoms with Crippen LogP contribution in [0.4, 0.5) is 0 Å². The lowest BCUT2D eigenvalue weighted by molar-refractivity contribution is 0.346. The molecule has 0 saturated carbocycles. The van der Waals surface area contributed by atoms with Crippen LogP contribution in [0.15, 0.2) is 24.3 Å². The Kier molecular flexibility index (Phi) is 7.93. The minimum Gasteiger partial charge on any atom is -0.316 e. The van der Waals surface area contributed by atoms with E-state index in [2.05, 4.69) is 36.5 Å². The molecule has 0 unspecified atom stereocenters. The van der Waals surface area contributed by atoms with Crippen molar-refractivity contribution in [2.24, 2.45) is 0 Å². The first-order valence-electron chi connectivity index (χ1n) is 7.55. The van der Waals surface area contributed by atoms with E-state index in [-0.39, 0.29) is 5.75 Å². The van der Waals surface area contributed by atoms with Crippen molar-refractivity contribution in [2.45, 2.75) is 26.3 Å². The highest BCUT2D eigenvalue weighted by atomic mass is 32.2. The van der Waals surface area contributed by atoms with E-state index in [0.29, 0.717) is 6.54 Å². The molecule has 21 heavy (non-hydrogen) atoms. The van der Waals surface area contributed by atoms with Crippen LogP contribution in [-0.4, -0.2) is 52.0 Å². The van der Waals surface area contributed by atoms with Crippen molar-refractivity contribution in [1.82, 2.24) is 10.2 Å². The van der Waals surface area contributed by atoms with Gasteiger partial charge in [-0.15, -0.1) is 0 Å². The molecule has 5 heteroatoms. The minimum atomic E-state index is -2.88. The van der Waals surface area contributed by atoms with E-state index in [4.69, 9.17) is 0 Å². The van der Waals surface area contributed by atoms with Crippen molar-refractivity contribution in [3.8, 4) is 0 Å². The lowest BCUT2D eigenvalue weighted by Crippen LogP contribution is -2.24. The molecular weight excluding hydrogens is 284 g/mol. The molecule has 0 bridgehead atoms. The highest BCUT2D eigenvalue weighted by molar-refractivity contribution is 7.90. The van der Waals surface area contributed by atoms with Gasteiger partial charge >= 0.3 is 0 Å². The van der Waals surface area contributed by atoms with Crippen molar-refractivity contribution < 1.29 is 8.42 Å². The van der Waals surface area contributed by atoms with E-state index in [1.807, 2.05) is 11.9 Å². The van der Waals surface area contributed by atoms with Crippen LogP contribution in [0, 0.1) is 0 Å². The van der Waals surface area contributed by atoms with Crippen molar-refractivity contribution >= 4 is 9.84 Å². The predicted octanol–water partition coefficient (Wildman–Crippen LogP) is 1.71. The van der Waals surface area contributed by atoms with Crippen molar-refractivity contribution in [3.63, 3.8) is 0 Å². The molecule has 0 spiro atoms. The smallest absolute Gasteiger partial charge is 0.148 e. The molecule has 0 amide bonds. The van der Waals surface area contributed by atoms with E-state index >= 15 is 0 Å². The van der Waals surface area contributed by atoms with Gasteiger partial charge in [-0.05, 0) is 44.1 Å². The first kappa shape index (κ1) is 18.1. The van der Waals surface area contributed by atoms with Crippen LogP contribution < -0.4 is 5.32 Å². The van der Waals surface area contributed by atoms with Gasteiger partial charge in [0.05, 0.1) is 5.75 Å². The molecule has 1 aromatic rings. The number of benzene rings is 1. The Morgan fingerprint density at radius 2 is 1.71 bits per heavy atom. The van der Waals surface area contributed by atoms with Crippen LogP contribution in [0.2, 0.25) is 0 Å². The fourth-order valence-corrected chi connectivity index (χ4v) is 2.70. The van der Waals surface area contributed by atoms with Gasteiger partial charge in [0.1, 0.15) is 9.84 Å². The summed E-state index contributed by atoms with van der Waals surface area (Å²) in [6.45, 7) is 5.61. The van der Waals surface area contributed by atoms with Crippen molar-refractivity contribution in [3.05, 3.63) is 35.4 Å². The number of rotatable bonds is 10. The van der Waals surface area contributed by atoms with E-state index in [1.54, 1.807) is 0 Å². The van der Waals surface area contributed by atoms with Gasteiger partial charge in [-0.25, -0.2) is 8.42 Å². The molecular formula is C16H28N2O2S. The van der Waals surface area contributed by atoms with Gasteiger partial charge in [0.2, 0.25) is 0 Å². The molecule has 1 aromatic carbocycles. The monoisotopic (exact) mass is 312 g/mol. The lowest BCUT2D eigenvalue weighted by Gasteiger charge is -2.16. The zero-order valence-electron chi connectivity index (χ0n) is 13.4. The molecule has 0 atom stereocenters. The molecule has 0 fully saturated rings. The molecule has 0 aliphatic carbocycles. The lowest BCUT2D eigenvalue weighted by atomic mass is 10.1. The van der Waals surface area contributed by atoms with E-state index in [9.17, 15) is 8.42 Å². The average Bonchev–Trinajstić information content (AvgIpc) is 2.42. The molecule has 1 rings (SSSR count). The molecule has 4 nitrogen and oxygen atoms in total. The van der Waals surface area contributed by atoms with Crippen LogP contribution in [-0.2, 0) is 22.8 Å². The van der Waals surface area contributed by atoms with E-state index in [0.717, 1.165) is 26.1 Å². The summed E-state index contributed by atoms with van der Waals surface area (Å²) in [5, 5.41) is 3.40. The van der Waals surface area contributed by atoms with Gasteiger partial charge in [-0.3, -0.25) is 0 Å². The summed E-state index contributed by atoms with van der Waals surface area (Å²) >= 11 is 0. The third-order valence-electron chi connectivity index (χ3n) is 3.34. The summed E-state index contributed by atoms with van der Waals surface area (Å²) in [4.78, 5) is 2.04. The van der Waals surface area contributed by atoms with Gasteiger partial charge in [-0.2, -0.15) is 0 Å². The summed E-state index contributed by atoms with van der Waals surface area (Å²) < 4.78 is 22.3. The maximum Gasteiger partial charge on any atom is 0.148 e. The van der Waals surface area contributed by atoms with Crippen molar-refractivity contribution in [2.75, 3.05) is 38.7 Å². The summed E-state index contributed by atoms with van der Waals surface area (Å²) in [6.07, 6.45) is 3.49. The average molecular weight is 312 g/mol. The van der Waals surface area contributed by atoms with Crippen LogP contribution in [0.25, 0.3) is 0 Å². The first-order chi connectivity index (χ1) is 9.90. The summed E-state index contributed by atoms with van der Waals surface area (Å²) in [7, 11) is -0.930. The van der Waals surface area contributed by atoms with Gasteiger partial charge < -0.3 is 10.2 Å². The summed E-state index contributed by atoms with van der Waals surface area (Å²) in [5.41, 5.74) is 2.55. The molecule has 0 saturated heterocycles. The first-order valence-corrected chi connectivity index (χ1v) is 9.61. The zero-order valence-corrected chi connectivity index (χ0v) is 14.2. The maximum absolute atomic E-state index is 11.1. The fourth-order valence-electron chi connectivity index (χ4n) is 2.06. The fraction of sp³-hybridized carbons (Fsp3) is 0.625. The highest BCUT2D eigenvalue weighted by Gasteiger charge is 2.06. The van der Waals surface area contributed by atoms with Crippen LogP contribution in [0.1, 0.15) is 24.5 Å². The van der Waals surface area contributed by atoms with Crippen LogP contribution >= 0.6 is 0 Å². The quantitative estimate of drug-likeness (QED) is 0.668. The summed E-state index contributed by atoms with van der Waals surface area (Å²) in [6, 6.07) is 8.58. The molecule has 0 radical (unpaired) electrons. The number of hydrogen-bond donors (Lipinski definition) is 1. The predicted molar refractivity (Wildman–Crippen MR) is 89.4 cm³/mol. The second-order valence-electron chi connectivity index (χ2n) is 5.68. The highest BCUT2D eigenvalue weighted by Crippen LogP contribution is 2.07. The third-order valence-corrected chi connectivity index (χ3v) is 4.26. The molecule has 120 valence electrons. The van der Waals surface area contributed by atoms with E-state index in [1.165, 1.54) is 23.8 Å². The normalized spacial score (nSPS) is 12.0. The van der Waals surface area contributed by atoms with Crippen LogP contribution in [0.5, 0.6) is 0 Å². The Hall–Kier alpha value is -0.910. The Morgan fingerprint density at radius 1 is 1.10 bits per heavy atom. The van der Waals surface area contributed by atoms with Crippen LogP contribution in [0.3, 0.4) is 0 Å². The Bertz CT molecular complexity index is 498. The SMILES string of the molecule is CCCNCCc1ccc(CN(C)CCS(C)(=O)=O)cc1. The Labute approximate surface area is 129 Å². The van der Waals surface area contributed by atoms with E-state index < -0.39 is 9.84 Å². The number of hydrogen-bond acceptors (Lipinski definition) is 4. The summed E-state index contributed by atoms with van der Waals surface area (Å²) in [5.74, 6) is 0.213. The second kappa shape index (κ2) is 9.18. The third kappa shape index (κ3) is 8.86. The number of nitrogens with zero attached hydrogens (tertiary/aromatic N) is 1. The molecule has 0 aliphatic heterocycles. The largest absolute Gasteiger partial charge is 0.316 e. The topological polar surface area (TPSA) is 49.4 Å². The van der Waals surface area contributed by atoms with Crippen molar-refractivity contribution in [1.29, 1.82) is 0 Å². The molecule has 0 aliphatic rings. The number of nitrogens with one attached hydrogen (secondary N) is 1. The zero-order chi connectivity index (χ0) is 15.7. The standard InChI is InChI=1S/C16H28N2O2S/c1-4-10-17-11-9-15-5-7-16(8-6-15)14-18(2)12-13-21(3,19)20/h5-8,17H,4,9-14H2,1-3H3. The Morgan fingerprint density at radius 3 is 2.29 bits per heavy atom. The molecule has 1 N–H and O–H groups in total. The van der Waals surface area contributed by atoms with Gasteiger partial charge in [0.25, 0.3) is 0 Å². The van der Waals surface area contributed by atoms with Gasteiger partial charge in [0.15, 0.2) is 0 Å². The van der Waals surface area contributed by atoms with Gasteiger partial charge in [-0.1, -0.05) is 31.2 Å². The number of sulfone groups is 1. The maximum atomic E-state index is 11.1. The minimum absolute atomic E-state index is 0.213. The Balaban J connectivity index is 2.36. The second-order valence-corrected chi connectivity index (χ2v) is 7.94. The molecule has 0 heterocycles.